The molecule has 0 bridgehead atoms. The number of allylic oxidation sites excluding steroid dienone is 4. The lowest BCUT2D eigenvalue weighted by atomic mass is 9.98. The molecule has 0 spiro atoms. The minimum Gasteiger partial charge on any atom is -0.478 e. The van der Waals surface area contributed by atoms with Gasteiger partial charge in [-0.1, -0.05) is 29.9 Å². The lowest BCUT2D eigenvalue weighted by Gasteiger charge is -2.17. The van der Waals surface area contributed by atoms with Gasteiger partial charge in [0.15, 0.2) is 0 Å². The number of carboxylic acids is 1. The smallest absolute Gasteiger partial charge is 0.331 e. The molecule has 0 amide bonds. The SMILES string of the molecule is C=C[C@](C)(O)CC/C=C(\CO)CC/C=C(/CCC=C(C)C)C(=O)O. The number of carboxylic acid groups (broad SMARTS) is 1. The summed E-state index contributed by atoms with van der Waals surface area (Å²) in [6.07, 6.45) is 10.8. The average Bonchev–Trinajstić information content (AvgIpc) is 2.51. The van der Waals surface area contributed by atoms with E-state index < -0.39 is 11.6 Å². The fourth-order valence-electron chi connectivity index (χ4n) is 2.16. The Balaban J connectivity index is 4.54. The molecular formula is C20H32O4. The molecule has 0 rings (SSSR count). The third kappa shape index (κ3) is 11.0. The molecule has 0 aliphatic rings. The molecule has 24 heavy (non-hydrogen) atoms. The number of hydrogen-bond acceptors (Lipinski definition) is 3. The lowest BCUT2D eigenvalue weighted by molar-refractivity contribution is -0.132. The van der Waals surface area contributed by atoms with Gasteiger partial charge in [-0.3, -0.25) is 0 Å². The van der Waals surface area contributed by atoms with Crippen molar-refractivity contribution >= 4 is 5.97 Å². The quantitative estimate of drug-likeness (QED) is 0.369. The van der Waals surface area contributed by atoms with Gasteiger partial charge in [0, 0.05) is 5.57 Å². The monoisotopic (exact) mass is 336 g/mol. The zero-order valence-electron chi connectivity index (χ0n) is 15.2. The number of aliphatic hydroxyl groups is 2. The van der Waals surface area contributed by atoms with Crippen LogP contribution in [-0.2, 0) is 4.79 Å². The topological polar surface area (TPSA) is 77.8 Å². The first-order valence-electron chi connectivity index (χ1n) is 8.42. The van der Waals surface area contributed by atoms with Crippen LogP contribution in [-0.4, -0.2) is 33.5 Å². The van der Waals surface area contributed by atoms with Gasteiger partial charge in [-0.2, -0.15) is 0 Å². The van der Waals surface area contributed by atoms with E-state index in [2.05, 4.69) is 6.58 Å². The van der Waals surface area contributed by atoms with Crippen molar-refractivity contribution in [3.8, 4) is 0 Å². The van der Waals surface area contributed by atoms with Gasteiger partial charge in [0.1, 0.15) is 0 Å². The van der Waals surface area contributed by atoms with Gasteiger partial charge in [-0.05, 0) is 64.9 Å². The van der Waals surface area contributed by atoms with E-state index in [1.807, 2.05) is 26.0 Å². The van der Waals surface area contributed by atoms with E-state index in [9.17, 15) is 20.1 Å². The summed E-state index contributed by atoms with van der Waals surface area (Å²) < 4.78 is 0. The van der Waals surface area contributed by atoms with Gasteiger partial charge >= 0.3 is 5.97 Å². The van der Waals surface area contributed by atoms with Crippen molar-refractivity contribution in [3.63, 3.8) is 0 Å². The van der Waals surface area contributed by atoms with Crippen molar-refractivity contribution in [2.24, 2.45) is 0 Å². The number of hydrogen-bond donors (Lipinski definition) is 3. The molecule has 0 saturated heterocycles. The third-order valence-electron chi connectivity index (χ3n) is 3.82. The van der Waals surface area contributed by atoms with E-state index in [0.717, 1.165) is 12.0 Å². The van der Waals surface area contributed by atoms with E-state index in [-0.39, 0.29) is 6.61 Å². The molecule has 0 aliphatic heterocycles. The maximum absolute atomic E-state index is 11.2. The van der Waals surface area contributed by atoms with Crippen molar-refractivity contribution < 1.29 is 20.1 Å². The fraction of sp³-hybridized carbons (Fsp3) is 0.550. The van der Waals surface area contributed by atoms with E-state index in [4.69, 9.17) is 0 Å². The summed E-state index contributed by atoms with van der Waals surface area (Å²) in [6.45, 7) is 9.21. The second kappa shape index (κ2) is 11.8. The van der Waals surface area contributed by atoms with Crippen LogP contribution in [0.15, 0.2) is 47.6 Å². The summed E-state index contributed by atoms with van der Waals surface area (Å²) in [5.74, 6) is -0.881. The Labute approximate surface area is 145 Å². The predicted octanol–water partition coefficient (Wildman–Crippen LogP) is 4.16. The molecule has 0 aromatic carbocycles. The molecule has 0 saturated carbocycles. The molecule has 3 N–H and O–H groups in total. The zero-order valence-corrected chi connectivity index (χ0v) is 15.2. The highest BCUT2D eigenvalue weighted by Crippen LogP contribution is 2.16. The summed E-state index contributed by atoms with van der Waals surface area (Å²) in [6, 6.07) is 0. The van der Waals surface area contributed by atoms with Crippen LogP contribution in [0.5, 0.6) is 0 Å². The highest BCUT2D eigenvalue weighted by molar-refractivity contribution is 5.86. The summed E-state index contributed by atoms with van der Waals surface area (Å²) in [4.78, 5) is 11.2. The first-order chi connectivity index (χ1) is 11.2. The van der Waals surface area contributed by atoms with Crippen LogP contribution in [0.3, 0.4) is 0 Å². The minimum absolute atomic E-state index is 0.0513. The van der Waals surface area contributed by atoms with Crippen LogP contribution < -0.4 is 0 Å². The van der Waals surface area contributed by atoms with Crippen LogP contribution in [0, 0.1) is 0 Å². The van der Waals surface area contributed by atoms with Crippen molar-refractivity contribution in [3.05, 3.63) is 47.6 Å². The number of carbonyl (C=O) groups is 1. The maximum atomic E-state index is 11.2. The Morgan fingerprint density at radius 1 is 1.08 bits per heavy atom. The molecule has 0 unspecified atom stereocenters. The molecule has 0 fully saturated rings. The fourth-order valence-corrected chi connectivity index (χ4v) is 2.16. The van der Waals surface area contributed by atoms with Gasteiger partial charge in [-0.25, -0.2) is 4.79 Å². The molecule has 0 aliphatic carbocycles. The van der Waals surface area contributed by atoms with Crippen LogP contribution >= 0.6 is 0 Å². The van der Waals surface area contributed by atoms with Crippen molar-refractivity contribution in [1.29, 1.82) is 0 Å². The van der Waals surface area contributed by atoms with E-state index in [1.54, 1.807) is 13.0 Å². The zero-order chi connectivity index (χ0) is 18.6. The highest BCUT2D eigenvalue weighted by atomic mass is 16.4. The largest absolute Gasteiger partial charge is 0.478 e. The Morgan fingerprint density at radius 2 is 1.71 bits per heavy atom. The lowest BCUT2D eigenvalue weighted by Crippen LogP contribution is -2.19. The summed E-state index contributed by atoms with van der Waals surface area (Å²) in [5.41, 5.74) is 1.55. The van der Waals surface area contributed by atoms with Crippen molar-refractivity contribution in [2.45, 2.75) is 64.9 Å². The Kier molecular flexibility index (Phi) is 11.0. The normalized spacial score (nSPS) is 14.9. The Morgan fingerprint density at radius 3 is 2.21 bits per heavy atom. The summed E-state index contributed by atoms with van der Waals surface area (Å²) >= 11 is 0. The second-order valence-electron chi connectivity index (χ2n) is 6.51. The summed E-state index contributed by atoms with van der Waals surface area (Å²) in [7, 11) is 0. The first kappa shape index (κ1) is 22.4. The van der Waals surface area contributed by atoms with Gasteiger partial charge in [0.05, 0.1) is 12.2 Å². The molecule has 0 aromatic rings. The van der Waals surface area contributed by atoms with Gasteiger partial charge in [0.25, 0.3) is 0 Å². The number of rotatable bonds is 12. The number of aliphatic carboxylic acids is 1. The van der Waals surface area contributed by atoms with Crippen molar-refractivity contribution in [2.75, 3.05) is 6.61 Å². The molecule has 1 atom stereocenters. The minimum atomic E-state index is -0.904. The molecule has 0 radical (unpaired) electrons. The molecule has 0 heterocycles. The molecule has 136 valence electrons. The van der Waals surface area contributed by atoms with Gasteiger partial charge in [0.2, 0.25) is 0 Å². The molecule has 0 aromatic heterocycles. The Hall–Kier alpha value is -1.65. The predicted molar refractivity (Wildman–Crippen MR) is 98.8 cm³/mol. The van der Waals surface area contributed by atoms with Crippen LogP contribution in [0.2, 0.25) is 0 Å². The van der Waals surface area contributed by atoms with Gasteiger partial charge < -0.3 is 15.3 Å². The van der Waals surface area contributed by atoms with Crippen LogP contribution in [0.4, 0.5) is 0 Å². The van der Waals surface area contributed by atoms with E-state index in [1.165, 1.54) is 11.6 Å². The Bertz CT molecular complexity index is 492. The van der Waals surface area contributed by atoms with Crippen LogP contribution in [0.1, 0.15) is 59.3 Å². The second-order valence-corrected chi connectivity index (χ2v) is 6.51. The molecule has 4 heteroatoms. The van der Waals surface area contributed by atoms with Gasteiger partial charge in [-0.15, -0.1) is 6.58 Å². The summed E-state index contributed by atoms with van der Waals surface area (Å²) in [5, 5.41) is 28.5. The molecule has 4 nitrogen and oxygen atoms in total. The highest BCUT2D eigenvalue weighted by Gasteiger charge is 2.13. The average molecular weight is 336 g/mol. The standard InChI is InChI=1S/C20H32O4/c1-5-20(4,24)14-8-11-17(15-21)10-7-13-18(19(22)23)12-6-9-16(2)3/h5,9,11,13,21,24H,1,6-8,10,12,14-15H2,2-4H3,(H,22,23)/b17-11-,18-13-/t20-/m0/s1. The number of aliphatic hydroxyl groups excluding tert-OH is 1. The van der Waals surface area contributed by atoms with E-state index >= 15 is 0 Å². The first-order valence-corrected chi connectivity index (χ1v) is 8.42. The molecular weight excluding hydrogens is 304 g/mol. The third-order valence-corrected chi connectivity index (χ3v) is 3.82. The van der Waals surface area contributed by atoms with Crippen LogP contribution in [0.25, 0.3) is 0 Å². The maximum Gasteiger partial charge on any atom is 0.331 e. The van der Waals surface area contributed by atoms with E-state index in [0.29, 0.717) is 37.7 Å². The van der Waals surface area contributed by atoms with Crippen molar-refractivity contribution in [1.82, 2.24) is 0 Å².